The lowest BCUT2D eigenvalue weighted by molar-refractivity contribution is -0.141. The minimum atomic E-state index is -4.68. The number of benzene rings is 2. The van der Waals surface area contributed by atoms with Crippen LogP contribution in [0.2, 0.25) is 0 Å². The molecule has 2 aliphatic heterocycles. The molecule has 2 aromatic carbocycles. The molecule has 2 N–H and O–H groups in total. The Morgan fingerprint density at radius 3 is 2.51 bits per heavy atom. The highest BCUT2D eigenvalue weighted by Crippen LogP contribution is 2.42. The Kier molecular flexibility index (Phi) is 10.4. The van der Waals surface area contributed by atoms with Gasteiger partial charge in [0.05, 0.1) is 39.1 Å². The van der Waals surface area contributed by atoms with Crippen LogP contribution in [0.5, 0.6) is 5.75 Å². The average Bonchev–Trinajstić information content (AvgIpc) is 3.71. The number of pyridine rings is 1. The number of likely N-dealkylation sites (tertiary alicyclic amines) is 1. The van der Waals surface area contributed by atoms with Crippen LogP contribution in [0.3, 0.4) is 0 Å². The number of nitrogens with zero attached hydrogens (tertiary/aromatic N) is 5. The van der Waals surface area contributed by atoms with Gasteiger partial charge >= 0.3 is 11.9 Å². The molecule has 2 saturated heterocycles. The molecule has 8 rings (SSSR count). The number of anilines is 1. The molecule has 5 aromatic rings. The highest BCUT2D eigenvalue weighted by atomic mass is 32.1. The zero-order chi connectivity index (χ0) is 40.2. The number of rotatable bonds is 8. The number of thiazole rings is 1. The molecule has 3 amide bonds. The van der Waals surface area contributed by atoms with Crippen LogP contribution in [-0.2, 0) is 22.8 Å². The van der Waals surface area contributed by atoms with Gasteiger partial charge in [-0.25, -0.2) is 19.2 Å². The number of hydrogen-bond acceptors (Lipinski definition) is 9. The number of aromatic nitrogens is 4. The summed E-state index contributed by atoms with van der Waals surface area (Å²) >= 11 is 1.51. The van der Waals surface area contributed by atoms with Crippen molar-refractivity contribution in [1.29, 1.82) is 0 Å². The van der Waals surface area contributed by atoms with E-state index in [1.165, 1.54) is 33.6 Å². The van der Waals surface area contributed by atoms with E-state index in [0.717, 1.165) is 59.6 Å². The van der Waals surface area contributed by atoms with Crippen molar-refractivity contribution in [3.05, 3.63) is 81.0 Å². The van der Waals surface area contributed by atoms with Gasteiger partial charge in [0.25, 0.3) is 5.91 Å². The number of carbonyl (C=O) groups is 3. The summed E-state index contributed by atoms with van der Waals surface area (Å²) in [5.41, 5.74) is 1.03. The van der Waals surface area contributed by atoms with Gasteiger partial charge in [0.15, 0.2) is 0 Å². The largest absolute Gasteiger partial charge is 0.494 e. The van der Waals surface area contributed by atoms with E-state index in [-0.39, 0.29) is 42.6 Å². The number of aryl methyl sites for hydroxylation is 1. The van der Waals surface area contributed by atoms with Gasteiger partial charge < -0.3 is 15.0 Å². The standard InChI is InChI=1S/C40H41F4N7O5S/c1-49-35-24(5-3-7-29(35)51(39(49)55)30-13-14-34(52)48-37(30)54)23-15-16-50(20-25(23)41)19-21-9-11-22(12-10-21)38-47-28-17-31(56-2)27(18-32(28)57-38)46-36(53)26-6-4-8-33(45-26)40(42,43)44/h3-8,17-18,21-23,25,30H,9-16,19-20H2,1-2H3,(H,46,53)(H,48,52,54)/t21?,22?,23-,25+,30?/m0/s1. The molecule has 0 spiro atoms. The third-order valence-corrected chi connectivity index (χ3v) is 12.8. The lowest BCUT2D eigenvalue weighted by Crippen LogP contribution is -2.44. The van der Waals surface area contributed by atoms with Crippen LogP contribution in [0.15, 0.2) is 53.3 Å². The molecule has 3 fully saturated rings. The zero-order valence-electron chi connectivity index (χ0n) is 31.3. The third-order valence-electron chi connectivity index (χ3n) is 11.6. The second-order valence-corrected chi connectivity index (χ2v) is 16.3. The number of imide groups is 1. The van der Waals surface area contributed by atoms with Crippen LogP contribution in [0.4, 0.5) is 23.2 Å². The van der Waals surface area contributed by atoms with Gasteiger partial charge in [0.1, 0.15) is 29.4 Å². The molecule has 0 radical (unpaired) electrons. The summed E-state index contributed by atoms with van der Waals surface area (Å²) in [6.45, 7) is 1.78. The highest BCUT2D eigenvalue weighted by Gasteiger charge is 2.37. The summed E-state index contributed by atoms with van der Waals surface area (Å²) in [7, 11) is 3.08. The van der Waals surface area contributed by atoms with Gasteiger partial charge in [-0.1, -0.05) is 18.2 Å². The second-order valence-electron chi connectivity index (χ2n) is 15.2. The molecule has 1 unspecified atom stereocenters. The quantitative estimate of drug-likeness (QED) is 0.130. The van der Waals surface area contributed by atoms with Gasteiger partial charge in [-0.15, -0.1) is 11.3 Å². The number of methoxy groups -OCH3 is 1. The number of fused-ring (bicyclic) bond motifs is 2. The maximum Gasteiger partial charge on any atom is 0.433 e. The fourth-order valence-electron chi connectivity index (χ4n) is 8.76. The van der Waals surface area contributed by atoms with Gasteiger partial charge in [0, 0.05) is 44.5 Å². The van der Waals surface area contributed by atoms with Crippen molar-refractivity contribution in [2.45, 2.75) is 75.2 Å². The number of halogens is 4. The van der Waals surface area contributed by atoms with E-state index in [9.17, 15) is 32.3 Å². The van der Waals surface area contributed by atoms with Gasteiger partial charge in [-0.2, -0.15) is 13.2 Å². The Labute approximate surface area is 328 Å². The number of imidazole rings is 1. The number of carbonyl (C=O) groups excluding carboxylic acids is 3. The normalized spacial score (nSPS) is 23.5. The third kappa shape index (κ3) is 7.54. The SMILES string of the molecule is COc1cc2nc(C3CCC(CN4CC[C@@H](c5cccc6c5n(C)c(=O)n6C5CCC(=O)NC5=O)[C@H](F)C4)CC3)sc2cc1NC(=O)c1cccc(C(F)(F)F)n1. The van der Waals surface area contributed by atoms with Crippen LogP contribution >= 0.6 is 11.3 Å². The lowest BCUT2D eigenvalue weighted by Gasteiger charge is -2.38. The molecule has 300 valence electrons. The highest BCUT2D eigenvalue weighted by molar-refractivity contribution is 7.18. The van der Waals surface area contributed by atoms with E-state index in [1.54, 1.807) is 31.3 Å². The molecule has 1 saturated carbocycles. The van der Waals surface area contributed by atoms with Crippen molar-refractivity contribution in [3.63, 3.8) is 0 Å². The number of para-hydroxylation sites is 1. The molecule has 57 heavy (non-hydrogen) atoms. The molecular formula is C40H41F4N7O5S. The predicted octanol–water partition coefficient (Wildman–Crippen LogP) is 6.70. The Morgan fingerprint density at radius 2 is 1.79 bits per heavy atom. The molecule has 17 heteroatoms. The molecule has 0 bridgehead atoms. The summed E-state index contributed by atoms with van der Waals surface area (Å²) in [4.78, 5) is 61.3. The summed E-state index contributed by atoms with van der Waals surface area (Å²) in [6, 6.07) is 11.2. The van der Waals surface area contributed by atoms with Crippen molar-refractivity contribution in [2.75, 3.05) is 32.1 Å². The Morgan fingerprint density at radius 1 is 1.02 bits per heavy atom. The molecule has 3 atom stereocenters. The number of hydrogen-bond donors (Lipinski definition) is 2. The van der Waals surface area contributed by atoms with E-state index < -0.39 is 41.8 Å². The van der Waals surface area contributed by atoms with E-state index >= 15 is 4.39 Å². The predicted molar refractivity (Wildman–Crippen MR) is 205 cm³/mol. The van der Waals surface area contributed by atoms with E-state index in [2.05, 4.69) is 20.5 Å². The van der Waals surface area contributed by atoms with Gasteiger partial charge in [-0.3, -0.25) is 28.8 Å². The average molecular weight is 808 g/mol. The lowest BCUT2D eigenvalue weighted by atomic mass is 9.81. The summed E-state index contributed by atoms with van der Waals surface area (Å²) in [6.07, 6.45) is -1.12. The van der Waals surface area contributed by atoms with Crippen LogP contribution in [0.25, 0.3) is 21.3 Å². The Bertz CT molecular complexity index is 2440. The summed E-state index contributed by atoms with van der Waals surface area (Å²) in [5, 5.41) is 5.94. The number of ether oxygens (including phenoxy) is 1. The van der Waals surface area contributed by atoms with E-state index in [4.69, 9.17) is 9.72 Å². The monoisotopic (exact) mass is 807 g/mol. The first-order chi connectivity index (χ1) is 27.3. The van der Waals surface area contributed by atoms with Gasteiger partial charge in [0.2, 0.25) is 11.8 Å². The van der Waals surface area contributed by atoms with Crippen LogP contribution in [-0.4, -0.2) is 74.6 Å². The molecule has 3 aromatic heterocycles. The molecule has 5 heterocycles. The summed E-state index contributed by atoms with van der Waals surface area (Å²) < 4.78 is 64.9. The topological polar surface area (TPSA) is 140 Å². The molecule has 12 nitrogen and oxygen atoms in total. The summed E-state index contributed by atoms with van der Waals surface area (Å²) in [5.74, 6) is -1.11. The fraction of sp³-hybridized carbons (Fsp3) is 0.450. The van der Waals surface area contributed by atoms with Crippen LogP contribution in [0, 0.1) is 5.92 Å². The fourth-order valence-corrected chi connectivity index (χ4v) is 9.92. The van der Waals surface area contributed by atoms with E-state index in [0.29, 0.717) is 46.9 Å². The first-order valence-electron chi connectivity index (χ1n) is 19.0. The van der Waals surface area contributed by atoms with Crippen molar-refractivity contribution in [2.24, 2.45) is 13.0 Å². The van der Waals surface area contributed by atoms with Crippen LogP contribution < -0.4 is 21.1 Å². The molecular weight excluding hydrogens is 767 g/mol. The van der Waals surface area contributed by atoms with Crippen molar-refractivity contribution < 1.29 is 36.7 Å². The maximum absolute atomic E-state index is 16.1. The zero-order valence-corrected chi connectivity index (χ0v) is 32.1. The maximum atomic E-state index is 16.1. The Balaban J connectivity index is 0.892. The van der Waals surface area contributed by atoms with Crippen molar-refractivity contribution >= 4 is 56.0 Å². The van der Waals surface area contributed by atoms with Crippen molar-refractivity contribution in [1.82, 2.24) is 29.3 Å². The second kappa shape index (κ2) is 15.3. The number of alkyl halides is 4. The van der Waals surface area contributed by atoms with E-state index in [1.807, 2.05) is 6.07 Å². The van der Waals surface area contributed by atoms with Gasteiger partial charge in [-0.05, 0) is 80.8 Å². The van der Waals surface area contributed by atoms with Crippen molar-refractivity contribution in [3.8, 4) is 5.75 Å². The molecule has 3 aliphatic rings. The first kappa shape index (κ1) is 38.7. The number of piperidine rings is 2. The van der Waals surface area contributed by atoms with Crippen LogP contribution in [0.1, 0.15) is 89.6 Å². The molecule has 1 aliphatic carbocycles. The Hall–Kier alpha value is -5.16. The minimum absolute atomic E-state index is 0.143. The smallest absolute Gasteiger partial charge is 0.433 e. The number of amides is 3. The first-order valence-corrected chi connectivity index (χ1v) is 19.8. The number of nitrogens with one attached hydrogen (secondary N) is 2. The minimum Gasteiger partial charge on any atom is -0.494 e.